The number of hydrogen-bond acceptors (Lipinski definition) is 2. The zero-order chi connectivity index (χ0) is 42.0. The summed E-state index contributed by atoms with van der Waals surface area (Å²) in [6, 6.07) is 57.5. The number of benzene rings is 7. The number of rotatable bonds is 4. The lowest BCUT2D eigenvalue weighted by atomic mass is 9.86. The molecule has 0 bridgehead atoms. The van der Waals surface area contributed by atoms with Crippen molar-refractivity contribution < 1.29 is 4.42 Å². The van der Waals surface area contributed by atoms with Gasteiger partial charge in [0.05, 0.1) is 56.9 Å². The maximum absolute atomic E-state index is 6.57. The number of fused-ring (bicyclic) bond motifs is 12. The van der Waals surface area contributed by atoms with Gasteiger partial charge in [0.2, 0.25) is 0 Å². The molecule has 300 valence electrons. The van der Waals surface area contributed by atoms with Crippen LogP contribution in [0.25, 0.3) is 117 Å². The van der Waals surface area contributed by atoms with Crippen molar-refractivity contribution in [2.45, 2.75) is 32.6 Å². The second kappa shape index (κ2) is 13.3. The first-order valence-corrected chi connectivity index (χ1v) is 21.8. The molecule has 0 saturated carbocycles. The highest BCUT2D eigenvalue weighted by atomic mass is 16.3. The van der Waals surface area contributed by atoms with Crippen LogP contribution in [-0.4, -0.2) is 18.7 Å². The van der Waals surface area contributed by atoms with Gasteiger partial charge in [-0.1, -0.05) is 118 Å². The first-order chi connectivity index (χ1) is 30.9. The summed E-state index contributed by atoms with van der Waals surface area (Å²) in [5.74, 6) is 0. The third-order valence-electron chi connectivity index (χ3n) is 13.3. The predicted molar refractivity (Wildman–Crippen MR) is 263 cm³/mol. The molecule has 0 saturated heterocycles. The van der Waals surface area contributed by atoms with E-state index in [0.717, 1.165) is 61.6 Å². The fourth-order valence-corrected chi connectivity index (χ4v) is 10.3. The Morgan fingerprint density at radius 2 is 0.952 bits per heavy atom. The lowest BCUT2D eigenvalue weighted by Crippen LogP contribution is -2.18. The van der Waals surface area contributed by atoms with E-state index in [2.05, 4.69) is 210 Å². The van der Waals surface area contributed by atoms with Crippen LogP contribution in [0.2, 0.25) is 0 Å². The SMILES string of the molecule is CC(C)(C)c1ccc2c(c1)c1ccccc1n2C1=CC=c2oc3ccc(-c4ccc5c(c4)c4ccccc4n5-c4cncc(-n5c6ccccc6c6ccccc65)c4)cc3c2=CC1. The molecule has 5 aromatic heterocycles. The van der Waals surface area contributed by atoms with E-state index >= 15 is 0 Å². The number of nitrogens with zero attached hydrogens (tertiary/aromatic N) is 4. The van der Waals surface area contributed by atoms with Gasteiger partial charge >= 0.3 is 0 Å². The second-order valence-electron chi connectivity index (χ2n) is 18.0. The largest absolute Gasteiger partial charge is 0.456 e. The molecule has 0 fully saturated rings. The Balaban J connectivity index is 0.904. The number of furan rings is 1. The minimum absolute atomic E-state index is 0.0693. The molecule has 1 aliphatic carbocycles. The molecule has 0 spiro atoms. The molecular weight excluding hydrogens is 769 g/mol. The van der Waals surface area contributed by atoms with Crippen LogP contribution in [0, 0.1) is 0 Å². The summed E-state index contributed by atoms with van der Waals surface area (Å²) < 4.78 is 13.7. The molecule has 0 atom stereocenters. The lowest BCUT2D eigenvalue weighted by molar-refractivity contribution is 0.576. The van der Waals surface area contributed by atoms with E-state index in [0.29, 0.717) is 0 Å². The van der Waals surface area contributed by atoms with E-state index in [-0.39, 0.29) is 5.41 Å². The van der Waals surface area contributed by atoms with Crippen LogP contribution in [0.5, 0.6) is 0 Å². The Morgan fingerprint density at radius 1 is 0.460 bits per heavy atom. The summed E-state index contributed by atoms with van der Waals surface area (Å²) in [6.45, 7) is 6.85. The Hall–Kier alpha value is -7.89. The maximum atomic E-state index is 6.57. The van der Waals surface area contributed by atoms with Crippen molar-refractivity contribution in [3.63, 3.8) is 0 Å². The molecule has 7 aromatic carbocycles. The molecule has 5 nitrogen and oxygen atoms in total. The van der Waals surface area contributed by atoms with Crippen molar-refractivity contribution in [1.29, 1.82) is 0 Å². The molecular formula is C58H42N4O. The van der Waals surface area contributed by atoms with Crippen LogP contribution >= 0.6 is 0 Å². The minimum atomic E-state index is 0.0693. The Bertz CT molecular complexity index is 3990. The number of allylic oxidation sites excluding steroid dienone is 2. The van der Waals surface area contributed by atoms with Gasteiger partial charge in [-0.25, -0.2) is 0 Å². The zero-order valence-corrected chi connectivity index (χ0v) is 35.3. The van der Waals surface area contributed by atoms with Crippen molar-refractivity contribution >= 4 is 94.2 Å². The van der Waals surface area contributed by atoms with E-state index in [1.165, 1.54) is 65.6 Å². The number of pyridine rings is 1. The van der Waals surface area contributed by atoms with Gasteiger partial charge in [0, 0.05) is 55.0 Å². The zero-order valence-electron chi connectivity index (χ0n) is 35.3. The van der Waals surface area contributed by atoms with Crippen molar-refractivity contribution in [1.82, 2.24) is 18.7 Å². The first-order valence-electron chi connectivity index (χ1n) is 21.8. The summed E-state index contributed by atoms with van der Waals surface area (Å²) in [7, 11) is 0. The third kappa shape index (κ3) is 5.39. The molecule has 63 heavy (non-hydrogen) atoms. The van der Waals surface area contributed by atoms with Crippen LogP contribution in [0.1, 0.15) is 32.8 Å². The lowest BCUT2D eigenvalue weighted by Gasteiger charge is -2.19. The molecule has 5 heteroatoms. The van der Waals surface area contributed by atoms with E-state index in [1.54, 1.807) is 0 Å². The van der Waals surface area contributed by atoms with Crippen LogP contribution in [0.15, 0.2) is 181 Å². The first kappa shape index (κ1) is 35.8. The van der Waals surface area contributed by atoms with Crippen molar-refractivity contribution in [2.24, 2.45) is 0 Å². The number of para-hydroxylation sites is 4. The predicted octanol–water partition coefficient (Wildman–Crippen LogP) is 13.6. The van der Waals surface area contributed by atoms with Crippen LogP contribution in [0.3, 0.4) is 0 Å². The fourth-order valence-electron chi connectivity index (χ4n) is 10.3. The van der Waals surface area contributed by atoms with Gasteiger partial charge in [0.15, 0.2) is 0 Å². The van der Waals surface area contributed by atoms with Gasteiger partial charge in [0.25, 0.3) is 0 Å². The minimum Gasteiger partial charge on any atom is -0.456 e. The smallest absolute Gasteiger partial charge is 0.135 e. The second-order valence-corrected chi connectivity index (χ2v) is 18.0. The van der Waals surface area contributed by atoms with E-state index in [4.69, 9.17) is 9.40 Å². The van der Waals surface area contributed by atoms with Crippen LogP contribution < -0.4 is 10.6 Å². The Morgan fingerprint density at radius 3 is 1.57 bits per heavy atom. The van der Waals surface area contributed by atoms with E-state index in [1.807, 2.05) is 12.4 Å². The third-order valence-corrected chi connectivity index (χ3v) is 13.3. The van der Waals surface area contributed by atoms with Crippen molar-refractivity contribution in [3.8, 4) is 22.5 Å². The Kier molecular flexibility index (Phi) is 7.57. The molecule has 1 aliphatic rings. The van der Waals surface area contributed by atoms with Crippen LogP contribution in [0.4, 0.5) is 0 Å². The van der Waals surface area contributed by atoms with Gasteiger partial charge in [-0.05, 0) is 101 Å². The average molecular weight is 811 g/mol. The molecule has 13 rings (SSSR count). The van der Waals surface area contributed by atoms with Crippen molar-refractivity contribution in [3.05, 3.63) is 192 Å². The monoisotopic (exact) mass is 810 g/mol. The van der Waals surface area contributed by atoms with E-state index in [9.17, 15) is 0 Å². The van der Waals surface area contributed by atoms with Crippen LogP contribution in [-0.2, 0) is 5.41 Å². The van der Waals surface area contributed by atoms with Gasteiger partial charge in [-0.2, -0.15) is 0 Å². The fraction of sp³-hybridized carbons (Fsp3) is 0.0862. The molecule has 0 N–H and O–H groups in total. The van der Waals surface area contributed by atoms with E-state index < -0.39 is 0 Å². The Labute approximate surface area is 363 Å². The highest BCUT2D eigenvalue weighted by Crippen LogP contribution is 2.39. The average Bonchev–Trinajstić information content (AvgIpc) is 4.01. The quantitative estimate of drug-likeness (QED) is 0.178. The van der Waals surface area contributed by atoms with Gasteiger partial charge < -0.3 is 18.1 Å². The normalized spacial score (nSPS) is 13.3. The standard InChI is InChI=1S/C58H42N4O/c1-58(2,3)38-22-27-55-48(32-38)45-15-7-10-18-52(45)60(55)39-23-25-46-49-31-37(21-28-57(49)63-56(46)29-24-39)36-20-26-54-47(30-36)44-14-6-11-19-53(44)62(54)41-33-40(34-59-35-41)61-50-16-8-4-12-42(50)43-13-5-9-17-51(43)61/h4-22,24-35H,23H2,1-3H3. The molecule has 5 heterocycles. The van der Waals surface area contributed by atoms with Gasteiger partial charge in [-0.3, -0.25) is 4.98 Å². The summed E-state index contributed by atoms with van der Waals surface area (Å²) in [5, 5.41) is 9.71. The summed E-state index contributed by atoms with van der Waals surface area (Å²) >= 11 is 0. The molecule has 0 radical (unpaired) electrons. The van der Waals surface area contributed by atoms with Gasteiger partial charge in [-0.15, -0.1) is 0 Å². The molecule has 0 unspecified atom stereocenters. The number of aromatic nitrogens is 4. The van der Waals surface area contributed by atoms with Gasteiger partial charge in [0.1, 0.15) is 11.0 Å². The topological polar surface area (TPSA) is 40.8 Å². The molecule has 0 amide bonds. The summed E-state index contributed by atoms with van der Waals surface area (Å²) in [6.07, 6.45) is 11.5. The maximum Gasteiger partial charge on any atom is 0.135 e. The highest BCUT2D eigenvalue weighted by Gasteiger charge is 2.20. The number of hydrogen-bond donors (Lipinski definition) is 0. The molecule has 0 aliphatic heterocycles. The molecule has 12 aromatic rings. The van der Waals surface area contributed by atoms with Crippen molar-refractivity contribution in [2.75, 3.05) is 0 Å². The highest BCUT2D eigenvalue weighted by molar-refractivity contribution is 6.12. The summed E-state index contributed by atoms with van der Waals surface area (Å²) in [5.41, 5.74) is 15.9. The summed E-state index contributed by atoms with van der Waals surface area (Å²) in [4.78, 5) is 4.85.